The minimum atomic E-state index is -0.679. The van der Waals surface area contributed by atoms with Crippen LogP contribution in [0.15, 0.2) is 54.6 Å². The predicted molar refractivity (Wildman–Crippen MR) is 125 cm³/mol. The second-order valence-electron chi connectivity index (χ2n) is 7.80. The largest absolute Gasteiger partial charge is 0.344 e. The smallest absolute Gasteiger partial charge is 0.261 e. The maximum Gasteiger partial charge on any atom is 0.261 e. The summed E-state index contributed by atoms with van der Waals surface area (Å²) in [6.45, 7) is 8.02. The third-order valence-electron chi connectivity index (χ3n) is 4.61. The van der Waals surface area contributed by atoms with Crippen molar-refractivity contribution in [1.82, 2.24) is 16.2 Å². The molecule has 0 fully saturated rings. The molecular formula is C23H30N4O2S. The lowest BCUT2D eigenvalue weighted by Crippen LogP contribution is -2.55. The number of amides is 2. The van der Waals surface area contributed by atoms with E-state index in [-0.39, 0.29) is 29.3 Å². The van der Waals surface area contributed by atoms with E-state index in [0.29, 0.717) is 5.92 Å². The van der Waals surface area contributed by atoms with E-state index in [2.05, 4.69) is 35.3 Å². The van der Waals surface area contributed by atoms with Gasteiger partial charge in [0.05, 0.1) is 6.42 Å². The summed E-state index contributed by atoms with van der Waals surface area (Å²) >= 11 is 5.24. The Hall–Kier alpha value is -2.93. The lowest BCUT2D eigenvalue weighted by molar-refractivity contribution is -0.130. The summed E-state index contributed by atoms with van der Waals surface area (Å²) in [5.41, 5.74) is 8.22. The topological polar surface area (TPSA) is 82.3 Å². The molecule has 0 saturated heterocycles. The minimum absolute atomic E-state index is 0.0865. The van der Waals surface area contributed by atoms with Crippen LogP contribution in [0.25, 0.3) is 0 Å². The third kappa shape index (κ3) is 7.48. The Balaban J connectivity index is 1.85. The molecule has 2 rings (SSSR count). The van der Waals surface area contributed by atoms with Crippen LogP contribution in [0.5, 0.6) is 0 Å². The number of benzene rings is 2. The molecule has 0 unspecified atom stereocenters. The Bertz CT molecular complexity index is 851. The van der Waals surface area contributed by atoms with Crippen LogP contribution in [0.1, 0.15) is 44.7 Å². The number of carbonyl (C=O) groups excluding carboxylic acids is 2. The van der Waals surface area contributed by atoms with Gasteiger partial charge in [-0.05, 0) is 47.3 Å². The van der Waals surface area contributed by atoms with Crippen LogP contribution >= 0.6 is 12.2 Å². The number of carbonyl (C=O) groups is 2. The second-order valence-corrected chi connectivity index (χ2v) is 8.20. The fourth-order valence-electron chi connectivity index (χ4n) is 2.85. The zero-order valence-electron chi connectivity index (χ0n) is 17.9. The van der Waals surface area contributed by atoms with E-state index in [1.807, 2.05) is 68.4 Å². The van der Waals surface area contributed by atoms with E-state index < -0.39 is 6.04 Å². The molecule has 6 nitrogen and oxygen atoms in total. The minimum Gasteiger partial charge on any atom is -0.344 e. The van der Waals surface area contributed by atoms with Crippen molar-refractivity contribution in [2.75, 3.05) is 5.32 Å². The van der Waals surface area contributed by atoms with Gasteiger partial charge in [-0.25, -0.2) is 0 Å². The van der Waals surface area contributed by atoms with Gasteiger partial charge < -0.3 is 10.6 Å². The number of anilines is 1. The van der Waals surface area contributed by atoms with Crippen molar-refractivity contribution in [2.24, 2.45) is 5.92 Å². The number of hydrogen-bond acceptors (Lipinski definition) is 3. The average molecular weight is 427 g/mol. The highest BCUT2D eigenvalue weighted by molar-refractivity contribution is 7.80. The van der Waals surface area contributed by atoms with Crippen LogP contribution in [0.4, 0.5) is 5.69 Å². The Morgan fingerprint density at radius 3 is 2.10 bits per heavy atom. The van der Waals surface area contributed by atoms with E-state index in [4.69, 9.17) is 12.2 Å². The molecule has 0 aliphatic rings. The third-order valence-corrected chi connectivity index (χ3v) is 4.81. The Morgan fingerprint density at radius 2 is 1.53 bits per heavy atom. The highest BCUT2D eigenvalue weighted by Gasteiger charge is 2.24. The molecule has 0 aliphatic heterocycles. The normalized spacial score (nSPS) is 11.7. The van der Waals surface area contributed by atoms with E-state index >= 15 is 0 Å². The summed E-state index contributed by atoms with van der Waals surface area (Å²) in [5, 5.41) is 6.09. The van der Waals surface area contributed by atoms with Gasteiger partial charge in [-0.2, -0.15) is 0 Å². The molecular weight excluding hydrogens is 396 g/mol. The zero-order valence-corrected chi connectivity index (χ0v) is 18.7. The first-order chi connectivity index (χ1) is 14.3. The molecule has 2 aromatic rings. The lowest BCUT2D eigenvalue weighted by atomic mass is 10.0. The molecule has 1 atom stereocenters. The van der Waals surface area contributed by atoms with Crippen molar-refractivity contribution in [2.45, 2.75) is 46.1 Å². The van der Waals surface area contributed by atoms with Gasteiger partial charge in [-0.3, -0.25) is 20.4 Å². The number of rotatable bonds is 7. The number of hydrazine groups is 1. The fourth-order valence-corrected chi connectivity index (χ4v) is 3.02. The number of thiocarbonyl (C=S) groups is 1. The number of nitrogens with one attached hydrogen (secondary N) is 4. The molecule has 0 aromatic heterocycles. The summed E-state index contributed by atoms with van der Waals surface area (Å²) < 4.78 is 0. The quantitative estimate of drug-likeness (QED) is 0.402. The van der Waals surface area contributed by atoms with Crippen molar-refractivity contribution in [3.8, 4) is 0 Å². The summed E-state index contributed by atoms with van der Waals surface area (Å²) in [7, 11) is 0. The molecule has 2 amide bonds. The van der Waals surface area contributed by atoms with Crippen LogP contribution in [-0.2, 0) is 16.0 Å². The molecule has 0 heterocycles. The van der Waals surface area contributed by atoms with Gasteiger partial charge in [-0.1, -0.05) is 70.2 Å². The predicted octanol–water partition coefficient (Wildman–Crippen LogP) is 3.51. The number of hydrogen-bond donors (Lipinski definition) is 4. The van der Waals surface area contributed by atoms with Crippen molar-refractivity contribution in [3.05, 3.63) is 65.7 Å². The molecule has 160 valence electrons. The van der Waals surface area contributed by atoms with Gasteiger partial charge >= 0.3 is 0 Å². The van der Waals surface area contributed by atoms with Crippen molar-refractivity contribution in [1.29, 1.82) is 0 Å². The van der Waals surface area contributed by atoms with Crippen LogP contribution in [0.2, 0.25) is 0 Å². The lowest BCUT2D eigenvalue weighted by Gasteiger charge is -2.22. The van der Waals surface area contributed by atoms with Crippen LogP contribution in [-0.4, -0.2) is 23.0 Å². The molecule has 30 heavy (non-hydrogen) atoms. The zero-order chi connectivity index (χ0) is 22.1. The summed E-state index contributed by atoms with van der Waals surface area (Å²) in [5.74, 6) is -0.197. The van der Waals surface area contributed by atoms with Crippen molar-refractivity contribution < 1.29 is 9.59 Å². The van der Waals surface area contributed by atoms with Gasteiger partial charge in [0.2, 0.25) is 5.91 Å². The van der Waals surface area contributed by atoms with Crippen LogP contribution in [0.3, 0.4) is 0 Å². The monoisotopic (exact) mass is 426 g/mol. The van der Waals surface area contributed by atoms with Gasteiger partial charge in [-0.15, -0.1) is 0 Å². The van der Waals surface area contributed by atoms with Gasteiger partial charge in [0.25, 0.3) is 5.91 Å². The molecule has 0 radical (unpaired) electrons. The molecule has 4 N–H and O–H groups in total. The van der Waals surface area contributed by atoms with E-state index in [1.165, 1.54) is 5.56 Å². The highest BCUT2D eigenvalue weighted by Crippen LogP contribution is 2.17. The van der Waals surface area contributed by atoms with Crippen molar-refractivity contribution in [3.63, 3.8) is 0 Å². The summed E-state index contributed by atoms with van der Waals surface area (Å²) in [6.07, 6.45) is 0.219. The first-order valence-electron chi connectivity index (χ1n) is 10.1. The Kier molecular flexibility index (Phi) is 8.80. The standard InChI is InChI=1S/C23H30N4O2S/c1-15(2)18-10-12-19(13-11-18)24-23(30)27-26-22(29)21(16(3)4)25-20(28)14-17-8-6-5-7-9-17/h5-13,15-16,21H,14H2,1-4H3,(H,25,28)(H,26,29)(H2,24,27,30)/t21-/m0/s1. The molecule has 0 bridgehead atoms. The fraction of sp³-hybridized carbons (Fsp3) is 0.348. The summed E-state index contributed by atoms with van der Waals surface area (Å²) in [6, 6.07) is 16.7. The average Bonchev–Trinajstić information content (AvgIpc) is 2.71. The molecule has 0 saturated carbocycles. The SMILES string of the molecule is CC(C)c1ccc(NC(=S)NNC(=O)[C@@H](NC(=O)Cc2ccccc2)C(C)C)cc1. The maximum atomic E-state index is 12.6. The highest BCUT2D eigenvalue weighted by atomic mass is 32.1. The second kappa shape index (κ2) is 11.3. The van der Waals surface area contributed by atoms with Gasteiger partial charge in [0.1, 0.15) is 6.04 Å². The maximum absolute atomic E-state index is 12.6. The Labute approximate surface area is 183 Å². The molecule has 0 spiro atoms. The van der Waals surface area contributed by atoms with Gasteiger partial charge in [0.15, 0.2) is 5.11 Å². The van der Waals surface area contributed by atoms with Crippen LogP contribution < -0.4 is 21.5 Å². The molecule has 2 aromatic carbocycles. The molecule has 7 heteroatoms. The molecule has 0 aliphatic carbocycles. The first-order valence-corrected chi connectivity index (χ1v) is 10.5. The Morgan fingerprint density at radius 1 is 0.900 bits per heavy atom. The van der Waals surface area contributed by atoms with Crippen LogP contribution in [0, 0.1) is 5.92 Å². The van der Waals surface area contributed by atoms with E-state index in [9.17, 15) is 9.59 Å². The van der Waals surface area contributed by atoms with E-state index in [1.54, 1.807) is 0 Å². The van der Waals surface area contributed by atoms with Crippen molar-refractivity contribution >= 4 is 34.8 Å². The van der Waals surface area contributed by atoms with Gasteiger partial charge in [0, 0.05) is 5.69 Å². The first kappa shape index (κ1) is 23.3. The van der Waals surface area contributed by atoms with E-state index in [0.717, 1.165) is 11.3 Å². The summed E-state index contributed by atoms with van der Waals surface area (Å²) in [4.78, 5) is 24.9.